The first-order valence-electron chi connectivity index (χ1n) is 8.61. The van der Waals surface area contributed by atoms with Crippen molar-refractivity contribution in [2.75, 3.05) is 27.7 Å². The molecule has 3 rings (SSSR count). The maximum absolute atomic E-state index is 12.7. The SMILES string of the molecule is COc1cccc(C(CNC(=O)c2n[nH]c3ccc([N+](=O)[O-])cc23)N(C)C)c1. The molecule has 0 aliphatic rings. The second-order valence-corrected chi connectivity index (χ2v) is 6.53. The number of nitro groups is 1. The molecule has 1 atom stereocenters. The van der Waals surface area contributed by atoms with E-state index in [1.165, 1.54) is 18.2 Å². The van der Waals surface area contributed by atoms with Gasteiger partial charge in [0.15, 0.2) is 5.69 Å². The van der Waals surface area contributed by atoms with Crippen molar-refractivity contribution in [1.29, 1.82) is 0 Å². The predicted octanol–water partition coefficient (Wildman–Crippen LogP) is 2.51. The van der Waals surface area contributed by atoms with E-state index in [9.17, 15) is 14.9 Å². The number of hydrogen-bond donors (Lipinski definition) is 2. The van der Waals surface area contributed by atoms with E-state index in [-0.39, 0.29) is 17.4 Å². The van der Waals surface area contributed by atoms with Crippen LogP contribution in [0.2, 0.25) is 0 Å². The Morgan fingerprint density at radius 2 is 2.11 bits per heavy atom. The van der Waals surface area contributed by atoms with Crippen LogP contribution in [0.4, 0.5) is 5.69 Å². The molecule has 0 aliphatic carbocycles. The van der Waals surface area contributed by atoms with Crippen LogP contribution in [0.25, 0.3) is 10.9 Å². The Bertz CT molecular complexity index is 1010. The van der Waals surface area contributed by atoms with E-state index in [0.717, 1.165) is 11.3 Å². The van der Waals surface area contributed by atoms with Gasteiger partial charge in [-0.3, -0.25) is 20.0 Å². The number of aromatic nitrogens is 2. The minimum absolute atomic E-state index is 0.0846. The lowest BCUT2D eigenvalue weighted by Gasteiger charge is -2.25. The number of carbonyl (C=O) groups is 1. The molecule has 0 radical (unpaired) electrons. The first-order chi connectivity index (χ1) is 13.4. The van der Waals surface area contributed by atoms with Crippen molar-refractivity contribution in [3.05, 3.63) is 63.8 Å². The van der Waals surface area contributed by atoms with Gasteiger partial charge in [-0.2, -0.15) is 5.10 Å². The van der Waals surface area contributed by atoms with Crippen LogP contribution in [0.5, 0.6) is 5.75 Å². The fourth-order valence-electron chi connectivity index (χ4n) is 3.01. The van der Waals surface area contributed by atoms with E-state index >= 15 is 0 Å². The van der Waals surface area contributed by atoms with Crippen molar-refractivity contribution in [2.45, 2.75) is 6.04 Å². The minimum Gasteiger partial charge on any atom is -0.497 e. The number of nitrogens with zero attached hydrogens (tertiary/aromatic N) is 3. The van der Waals surface area contributed by atoms with Crippen molar-refractivity contribution < 1.29 is 14.5 Å². The highest BCUT2D eigenvalue weighted by atomic mass is 16.6. The summed E-state index contributed by atoms with van der Waals surface area (Å²) >= 11 is 0. The van der Waals surface area contributed by atoms with E-state index in [1.807, 2.05) is 43.3 Å². The molecule has 9 nitrogen and oxygen atoms in total. The third-order valence-electron chi connectivity index (χ3n) is 4.53. The highest BCUT2D eigenvalue weighted by Crippen LogP contribution is 2.24. The number of fused-ring (bicyclic) bond motifs is 1. The Balaban J connectivity index is 1.80. The van der Waals surface area contributed by atoms with Gasteiger partial charge in [0, 0.05) is 24.1 Å². The quantitative estimate of drug-likeness (QED) is 0.479. The molecule has 0 bridgehead atoms. The standard InChI is InChI=1S/C19H21N5O4/c1-23(2)17(12-5-4-6-14(9-12)28-3)11-20-19(25)18-15-10-13(24(26)27)7-8-16(15)21-22-18/h4-10,17H,11H2,1-3H3,(H,20,25)(H,21,22). The molecule has 1 aromatic heterocycles. The molecule has 146 valence electrons. The summed E-state index contributed by atoms with van der Waals surface area (Å²) < 4.78 is 5.27. The number of amides is 1. The summed E-state index contributed by atoms with van der Waals surface area (Å²) in [5, 5.41) is 21.0. The normalized spacial score (nSPS) is 12.1. The zero-order valence-electron chi connectivity index (χ0n) is 15.8. The fourth-order valence-corrected chi connectivity index (χ4v) is 3.01. The van der Waals surface area contributed by atoms with Gasteiger partial charge in [0.05, 0.1) is 23.6 Å². The van der Waals surface area contributed by atoms with Gasteiger partial charge >= 0.3 is 0 Å². The zero-order chi connectivity index (χ0) is 20.3. The van der Waals surface area contributed by atoms with Crippen LogP contribution in [0, 0.1) is 10.1 Å². The molecule has 1 unspecified atom stereocenters. The van der Waals surface area contributed by atoms with Crippen molar-refractivity contribution in [3.8, 4) is 5.75 Å². The summed E-state index contributed by atoms with van der Waals surface area (Å²) in [7, 11) is 5.45. The molecule has 2 aromatic carbocycles. The molecule has 2 N–H and O–H groups in total. The minimum atomic E-state index is -0.501. The van der Waals surface area contributed by atoms with Crippen molar-refractivity contribution in [3.63, 3.8) is 0 Å². The number of likely N-dealkylation sites (N-methyl/N-ethyl adjacent to an activating group) is 1. The number of nitrogens with one attached hydrogen (secondary N) is 2. The van der Waals surface area contributed by atoms with Gasteiger partial charge in [-0.1, -0.05) is 12.1 Å². The number of aromatic amines is 1. The van der Waals surface area contributed by atoms with E-state index in [0.29, 0.717) is 17.4 Å². The van der Waals surface area contributed by atoms with Crippen molar-refractivity contribution >= 4 is 22.5 Å². The van der Waals surface area contributed by atoms with E-state index in [1.54, 1.807) is 7.11 Å². The number of non-ortho nitro benzene ring substituents is 1. The van der Waals surface area contributed by atoms with Gasteiger partial charge in [0.25, 0.3) is 11.6 Å². The Hall–Kier alpha value is -3.46. The summed E-state index contributed by atoms with van der Waals surface area (Å²) in [5.41, 5.74) is 1.59. The third-order valence-corrected chi connectivity index (χ3v) is 4.53. The average molecular weight is 383 g/mol. The van der Waals surface area contributed by atoms with Gasteiger partial charge in [-0.25, -0.2) is 0 Å². The van der Waals surface area contributed by atoms with Gasteiger partial charge in [0.1, 0.15) is 5.75 Å². The first kappa shape index (κ1) is 19.3. The molecular formula is C19H21N5O4. The van der Waals surface area contributed by atoms with E-state index < -0.39 is 10.8 Å². The van der Waals surface area contributed by atoms with Gasteiger partial charge < -0.3 is 15.0 Å². The van der Waals surface area contributed by atoms with Crippen LogP contribution in [0.1, 0.15) is 22.1 Å². The molecule has 1 amide bonds. The lowest BCUT2D eigenvalue weighted by atomic mass is 10.1. The van der Waals surface area contributed by atoms with Crippen LogP contribution >= 0.6 is 0 Å². The van der Waals surface area contributed by atoms with E-state index in [2.05, 4.69) is 15.5 Å². The van der Waals surface area contributed by atoms with Crippen LogP contribution in [0.3, 0.4) is 0 Å². The largest absolute Gasteiger partial charge is 0.497 e. The number of H-pyrrole nitrogens is 1. The number of benzene rings is 2. The first-order valence-corrected chi connectivity index (χ1v) is 8.61. The number of hydrogen-bond acceptors (Lipinski definition) is 6. The molecule has 0 spiro atoms. The van der Waals surface area contributed by atoms with Crippen molar-refractivity contribution in [2.24, 2.45) is 0 Å². The number of nitro benzene ring substituents is 1. The monoisotopic (exact) mass is 383 g/mol. The molecule has 0 saturated carbocycles. The Kier molecular flexibility index (Phi) is 5.55. The predicted molar refractivity (Wildman–Crippen MR) is 105 cm³/mol. The summed E-state index contributed by atoms with van der Waals surface area (Å²) in [6.45, 7) is 0.336. The van der Waals surface area contributed by atoms with Gasteiger partial charge in [0.2, 0.25) is 0 Å². The summed E-state index contributed by atoms with van der Waals surface area (Å²) in [6.07, 6.45) is 0. The number of rotatable bonds is 7. The molecule has 3 aromatic rings. The molecule has 0 saturated heterocycles. The van der Waals surface area contributed by atoms with Gasteiger partial charge in [-0.15, -0.1) is 0 Å². The second-order valence-electron chi connectivity index (χ2n) is 6.53. The Labute approximate surface area is 161 Å². The molecule has 9 heteroatoms. The van der Waals surface area contributed by atoms with Crippen LogP contribution < -0.4 is 10.1 Å². The number of methoxy groups -OCH3 is 1. The molecular weight excluding hydrogens is 362 g/mol. The summed E-state index contributed by atoms with van der Waals surface area (Å²) in [6, 6.07) is 11.8. The number of ether oxygens (including phenoxy) is 1. The Morgan fingerprint density at radius 1 is 1.32 bits per heavy atom. The van der Waals surface area contributed by atoms with Crippen molar-refractivity contribution in [1.82, 2.24) is 20.4 Å². The van der Waals surface area contributed by atoms with Crippen LogP contribution in [0.15, 0.2) is 42.5 Å². The van der Waals surface area contributed by atoms with Gasteiger partial charge in [-0.05, 0) is 37.9 Å². The smallest absolute Gasteiger partial charge is 0.272 e. The molecule has 0 aliphatic heterocycles. The average Bonchev–Trinajstić information content (AvgIpc) is 3.11. The van der Waals surface area contributed by atoms with E-state index in [4.69, 9.17) is 4.74 Å². The maximum Gasteiger partial charge on any atom is 0.272 e. The highest BCUT2D eigenvalue weighted by Gasteiger charge is 2.20. The Morgan fingerprint density at radius 3 is 2.79 bits per heavy atom. The third kappa shape index (κ3) is 3.94. The van der Waals surface area contributed by atoms with Crippen LogP contribution in [-0.2, 0) is 0 Å². The summed E-state index contributed by atoms with van der Waals surface area (Å²) in [4.78, 5) is 25.2. The van der Waals surface area contributed by atoms with Crippen LogP contribution in [-0.4, -0.2) is 53.7 Å². The molecule has 1 heterocycles. The second kappa shape index (κ2) is 8.05. The maximum atomic E-state index is 12.7. The lowest BCUT2D eigenvalue weighted by molar-refractivity contribution is -0.384. The molecule has 28 heavy (non-hydrogen) atoms. The summed E-state index contributed by atoms with van der Waals surface area (Å²) in [5.74, 6) is 0.336. The topological polar surface area (TPSA) is 113 Å². The lowest BCUT2D eigenvalue weighted by Crippen LogP contribution is -2.34. The highest BCUT2D eigenvalue weighted by molar-refractivity contribution is 6.05. The fraction of sp³-hybridized carbons (Fsp3) is 0.263. The zero-order valence-corrected chi connectivity index (χ0v) is 15.8. The number of carbonyl (C=O) groups excluding carboxylic acids is 1. The molecule has 0 fully saturated rings.